The average Bonchev–Trinajstić information content (AvgIpc) is 2.58. The van der Waals surface area contributed by atoms with E-state index in [1.54, 1.807) is 32.4 Å². The lowest BCUT2D eigenvalue weighted by atomic mass is 10.0. The van der Waals surface area contributed by atoms with Gasteiger partial charge in [0.1, 0.15) is 17.2 Å². The first-order valence-electron chi connectivity index (χ1n) is 8.04. The average molecular weight is 344 g/mol. The van der Waals surface area contributed by atoms with Crippen molar-refractivity contribution in [2.75, 3.05) is 14.2 Å². The van der Waals surface area contributed by atoms with Crippen molar-refractivity contribution in [3.63, 3.8) is 0 Å². The molecular weight excluding hydrogens is 320 g/mol. The predicted octanol–water partition coefficient (Wildman–Crippen LogP) is 3.70. The molecule has 0 radical (unpaired) electrons. The van der Waals surface area contributed by atoms with Crippen LogP contribution >= 0.6 is 0 Å². The van der Waals surface area contributed by atoms with Crippen molar-refractivity contribution in [3.05, 3.63) is 52.6 Å². The van der Waals surface area contributed by atoms with Crippen LogP contribution in [-0.2, 0) is 11.2 Å². The highest BCUT2D eigenvalue weighted by Gasteiger charge is 2.23. The summed E-state index contributed by atoms with van der Waals surface area (Å²) in [5, 5.41) is 9.62. The Morgan fingerprint density at radius 2 is 1.76 bits per heavy atom. The van der Waals surface area contributed by atoms with Crippen molar-refractivity contribution in [2.45, 2.75) is 33.3 Å². The Morgan fingerprint density at radius 3 is 2.36 bits per heavy atom. The molecule has 0 heterocycles. The lowest BCUT2D eigenvalue weighted by molar-refractivity contribution is -0.145. The topological polar surface area (TPSA) is 65.0 Å². The van der Waals surface area contributed by atoms with Crippen molar-refractivity contribution in [3.8, 4) is 17.2 Å². The Bertz CT molecular complexity index is 767. The summed E-state index contributed by atoms with van der Waals surface area (Å²) in [5.74, 6) is 0.811. The Morgan fingerprint density at radius 1 is 1.04 bits per heavy atom. The Balaban J connectivity index is 2.33. The summed E-state index contributed by atoms with van der Waals surface area (Å²) in [4.78, 5) is 11.7. The zero-order valence-electron chi connectivity index (χ0n) is 15.3. The molecule has 5 nitrogen and oxygen atoms in total. The zero-order chi connectivity index (χ0) is 18.6. The van der Waals surface area contributed by atoms with E-state index in [1.165, 1.54) is 0 Å². The van der Waals surface area contributed by atoms with Gasteiger partial charge in [0.05, 0.1) is 14.2 Å². The van der Waals surface area contributed by atoms with Crippen LogP contribution in [0.3, 0.4) is 0 Å². The molecule has 0 amide bonds. The fraction of sp³-hybridized carbons (Fsp3) is 0.350. The zero-order valence-corrected chi connectivity index (χ0v) is 15.3. The summed E-state index contributed by atoms with van der Waals surface area (Å²) in [6, 6.07) is 9.21. The molecule has 0 saturated heterocycles. The number of hydrogen-bond acceptors (Lipinski definition) is 4. The highest BCUT2D eigenvalue weighted by molar-refractivity contribution is 5.73. The summed E-state index contributed by atoms with van der Waals surface area (Å²) in [6.45, 7) is 5.87. The van der Waals surface area contributed by atoms with E-state index < -0.39 is 12.1 Å². The van der Waals surface area contributed by atoms with Crippen LogP contribution in [0.15, 0.2) is 30.3 Å². The van der Waals surface area contributed by atoms with Gasteiger partial charge in [0.15, 0.2) is 6.10 Å². The summed E-state index contributed by atoms with van der Waals surface area (Å²) >= 11 is 0. The Kier molecular flexibility index (Phi) is 5.91. The van der Waals surface area contributed by atoms with Crippen LogP contribution < -0.4 is 14.2 Å². The van der Waals surface area contributed by atoms with Gasteiger partial charge in [0.25, 0.3) is 0 Å². The number of rotatable bonds is 7. The number of carbonyl (C=O) groups is 1. The molecular formula is C20H24O5. The normalized spacial score (nSPS) is 11.7. The van der Waals surface area contributed by atoms with Crippen LogP contribution in [0.2, 0.25) is 0 Å². The van der Waals surface area contributed by atoms with Crippen LogP contribution in [0, 0.1) is 20.8 Å². The van der Waals surface area contributed by atoms with Gasteiger partial charge in [0.2, 0.25) is 0 Å². The molecule has 1 unspecified atom stereocenters. The van der Waals surface area contributed by atoms with Crippen molar-refractivity contribution in [2.24, 2.45) is 0 Å². The fourth-order valence-electron chi connectivity index (χ4n) is 2.70. The Labute approximate surface area is 148 Å². The lowest BCUT2D eigenvalue weighted by Crippen LogP contribution is -2.30. The smallest absolute Gasteiger partial charge is 0.345 e. The van der Waals surface area contributed by atoms with Crippen molar-refractivity contribution >= 4 is 5.97 Å². The van der Waals surface area contributed by atoms with E-state index in [1.807, 2.05) is 32.9 Å². The highest BCUT2D eigenvalue weighted by Crippen LogP contribution is 2.28. The fourth-order valence-corrected chi connectivity index (χ4v) is 2.70. The molecule has 2 aromatic carbocycles. The van der Waals surface area contributed by atoms with Crippen molar-refractivity contribution in [1.29, 1.82) is 0 Å². The van der Waals surface area contributed by atoms with Gasteiger partial charge >= 0.3 is 5.97 Å². The van der Waals surface area contributed by atoms with Gasteiger partial charge in [-0.15, -0.1) is 0 Å². The summed E-state index contributed by atoms with van der Waals surface area (Å²) < 4.78 is 16.4. The number of hydrogen-bond donors (Lipinski definition) is 1. The van der Waals surface area contributed by atoms with E-state index in [0.29, 0.717) is 17.2 Å². The molecule has 2 aromatic rings. The van der Waals surface area contributed by atoms with Gasteiger partial charge in [-0.2, -0.15) is 0 Å². The summed E-state index contributed by atoms with van der Waals surface area (Å²) in [6.07, 6.45) is -0.858. The van der Waals surface area contributed by atoms with Crippen LogP contribution in [0.1, 0.15) is 22.3 Å². The molecule has 1 N–H and O–H groups in total. The monoisotopic (exact) mass is 344 g/mol. The van der Waals surface area contributed by atoms with Gasteiger partial charge in [0, 0.05) is 12.0 Å². The number of carboxylic acid groups (broad SMARTS) is 1. The number of benzene rings is 2. The van der Waals surface area contributed by atoms with E-state index in [9.17, 15) is 9.90 Å². The van der Waals surface area contributed by atoms with Crippen LogP contribution in [0.25, 0.3) is 0 Å². The van der Waals surface area contributed by atoms with Crippen LogP contribution in [-0.4, -0.2) is 31.4 Å². The second-order valence-corrected chi connectivity index (χ2v) is 6.03. The second kappa shape index (κ2) is 7.92. The van der Waals surface area contributed by atoms with Crippen LogP contribution in [0.5, 0.6) is 17.2 Å². The quantitative estimate of drug-likeness (QED) is 0.829. The molecule has 2 rings (SSSR count). The molecule has 0 aliphatic carbocycles. The van der Waals surface area contributed by atoms with Crippen molar-refractivity contribution < 1.29 is 24.1 Å². The second-order valence-electron chi connectivity index (χ2n) is 6.03. The third kappa shape index (κ3) is 4.44. The molecule has 0 spiro atoms. The number of carboxylic acids is 1. The van der Waals surface area contributed by atoms with E-state index >= 15 is 0 Å². The molecule has 134 valence electrons. The van der Waals surface area contributed by atoms with Gasteiger partial charge < -0.3 is 19.3 Å². The first-order chi connectivity index (χ1) is 11.8. The van der Waals surface area contributed by atoms with Gasteiger partial charge in [-0.1, -0.05) is 6.07 Å². The SMILES string of the molecule is COc1ccc(OC)c(CC(Oc2cc(C)cc(C)c2C)C(=O)O)c1. The lowest BCUT2D eigenvalue weighted by Gasteiger charge is -2.19. The van der Waals surface area contributed by atoms with E-state index in [2.05, 4.69) is 0 Å². The first kappa shape index (κ1) is 18.6. The number of aryl methyl sites for hydroxylation is 2. The maximum absolute atomic E-state index is 11.7. The maximum atomic E-state index is 11.7. The number of methoxy groups -OCH3 is 2. The molecule has 0 aromatic heterocycles. The van der Waals surface area contributed by atoms with E-state index in [-0.39, 0.29) is 6.42 Å². The third-order valence-electron chi connectivity index (χ3n) is 4.20. The minimum atomic E-state index is -1.03. The summed E-state index contributed by atoms with van der Waals surface area (Å²) in [5.41, 5.74) is 3.75. The number of ether oxygens (including phenoxy) is 3. The van der Waals surface area contributed by atoms with Gasteiger partial charge in [-0.05, 0) is 61.7 Å². The summed E-state index contributed by atoms with van der Waals surface area (Å²) in [7, 11) is 3.12. The molecule has 0 bridgehead atoms. The highest BCUT2D eigenvalue weighted by atomic mass is 16.5. The molecule has 0 aliphatic heterocycles. The molecule has 5 heteroatoms. The predicted molar refractivity (Wildman–Crippen MR) is 96.0 cm³/mol. The van der Waals surface area contributed by atoms with Crippen molar-refractivity contribution in [1.82, 2.24) is 0 Å². The standard InChI is InChI=1S/C20H24O5/c1-12-8-13(2)14(3)18(9-12)25-19(20(21)22)11-15-10-16(23-4)6-7-17(15)24-5/h6-10,19H,11H2,1-5H3,(H,21,22). The molecule has 0 fully saturated rings. The van der Waals surface area contributed by atoms with Gasteiger partial charge in [-0.25, -0.2) is 4.79 Å². The van der Waals surface area contributed by atoms with E-state index in [4.69, 9.17) is 14.2 Å². The van der Waals surface area contributed by atoms with Crippen LogP contribution in [0.4, 0.5) is 0 Å². The molecule has 0 saturated carbocycles. The number of aliphatic carboxylic acids is 1. The minimum Gasteiger partial charge on any atom is -0.497 e. The van der Waals surface area contributed by atoms with E-state index in [0.717, 1.165) is 22.3 Å². The molecule has 0 aliphatic rings. The van der Waals surface area contributed by atoms with Gasteiger partial charge in [-0.3, -0.25) is 0 Å². The Hall–Kier alpha value is -2.69. The minimum absolute atomic E-state index is 0.169. The molecule has 25 heavy (non-hydrogen) atoms. The maximum Gasteiger partial charge on any atom is 0.345 e. The third-order valence-corrected chi connectivity index (χ3v) is 4.20. The molecule has 1 atom stereocenters. The largest absolute Gasteiger partial charge is 0.497 e. The first-order valence-corrected chi connectivity index (χ1v) is 8.04.